The molecule has 0 aliphatic carbocycles. The first-order valence-electron chi connectivity index (χ1n) is 7.29. The highest BCUT2D eigenvalue weighted by atomic mass is 28.4. The van der Waals surface area contributed by atoms with Crippen LogP contribution in [0.2, 0.25) is 26.2 Å². The zero-order valence-corrected chi connectivity index (χ0v) is 15.3. The summed E-state index contributed by atoms with van der Waals surface area (Å²) in [6.45, 7) is 8.02. The number of benzene rings is 2. The Hall–Kier alpha value is -1.93. The van der Waals surface area contributed by atoms with Crippen molar-refractivity contribution in [2.45, 2.75) is 26.2 Å². The fourth-order valence-electron chi connectivity index (χ4n) is 2.34. The smallest absolute Gasteiger partial charge is 0.454 e. The van der Waals surface area contributed by atoms with Gasteiger partial charge in [0.2, 0.25) is 0 Å². The van der Waals surface area contributed by atoms with Gasteiger partial charge in [0.25, 0.3) is 0 Å². The standard InChI is InChI=1S/C16H20O4Si2/c1-21(2)17-13-9-5-7-11-15(13)19-22(3,4)20-16-12-8-6-10-14(16)18-21/h5-12H,1-4H3. The molecule has 22 heavy (non-hydrogen) atoms. The molecule has 0 atom stereocenters. The van der Waals surface area contributed by atoms with Crippen molar-refractivity contribution in [3.05, 3.63) is 48.5 Å². The van der Waals surface area contributed by atoms with E-state index in [2.05, 4.69) is 0 Å². The molecule has 0 unspecified atom stereocenters. The van der Waals surface area contributed by atoms with Crippen molar-refractivity contribution >= 4 is 17.1 Å². The van der Waals surface area contributed by atoms with Gasteiger partial charge in [-0.1, -0.05) is 24.3 Å². The van der Waals surface area contributed by atoms with Gasteiger partial charge in [0.1, 0.15) is 23.0 Å². The van der Waals surface area contributed by atoms with Crippen molar-refractivity contribution in [1.82, 2.24) is 0 Å². The third-order valence-electron chi connectivity index (χ3n) is 3.12. The second-order valence-electron chi connectivity index (χ2n) is 6.10. The van der Waals surface area contributed by atoms with E-state index in [0.717, 1.165) is 0 Å². The van der Waals surface area contributed by atoms with Gasteiger partial charge in [-0.25, -0.2) is 0 Å². The summed E-state index contributed by atoms with van der Waals surface area (Å²) in [5, 5.41) is 0. The maximum Gasteiger partial charge on any atom is 0.454 e. The Balaban J connectivity index is 2.07. The molecule has 2 aromatic carbocycles. The summed E-state index contributed by atoms with van der Waals surface area (Å²) in [6.07, 6.45) is 0. The molecule has 0 saturated carbocycles. The zero-order chi connectivity index (χ0) is 15.8. The van der Waals surface area contributed by atoms with Gasteiger partial charge in [-0.05, 0) is 24.3 Å². The molecular formula is C16H20O4Si2. The van der Waals surface area contributed by atoms with Crippen LogP contribution in [0, 0.1) is 0 Å². The summed E-state index contributed by atoms with van der Waals surface area (Å²) in [7, 11) is -4.84. The van der Waals surface area contributed by atoms with Crippen LogP contribution in [-0.2, 0) is 0 Å². The van der Waals surface area contributed by atoms with Crippen LogP contribution in [-0.4, -0.2) is 17.1 Å². The van der Waals surface area contributed by atoms with Crippen LogP contribution >= 0.6 is 0 Å². The van der Waals surface area contributed by atoms with E-state index in [4.69, 9.17) is 17.7 Å². The number of hydrogen-bond donors (Lipinski definition) is 0. The molecule has 0 N–H and O–H groups in total. The lowest BCUT2D eigenvalue weighted by molar-refractivity contribution is 0.337. The zero-order valence-electron chi connectivity index (χ0n) is 13.3. The second kappa shape index (κ2) is 5.37. The van der Waals surface area contributed by atoms with Crippen LogP contribution in [0.15, 0.2) is 48.5 Å². The van der Waals surface area contributed by atoms with Gasteiger partial charge in [-0.3, -0.25) is 0 Å². The highest BCUT2D eigenvalue weighted by Gasteiger charge is 2.37. The minimum absolute atomic E-state index is 0.711. The molecule has 4 nitrogen and oxygen atoms in total. The molecule has 0 fully saturated rings. The van der Waals surface area contributed by atoms with Crippen LogP contribution in [0.3, 0.4) is 0 Å². The van der Waals surface area contributed by atoms with Crippen LogP contribution in [0.25, 0.3) is 0 Å². The molecule has 1 aliphatic heterocycles. The molecule has 2 aromatic rings. The maximum absolute atomic E-state index is 6.17. The van der Waals surface area contributed by atoms with Gasteiger partial charge in [-0.2, -0.15) is 0 Å². The lowest BCUT2D eigenvalue weighted by atomic mass is 10.3. The molecule has 0 aromatic heterocycles. The Kier molecular flexibility index (Phi) is 3.66. The van der Waals surface area contributed by atoms with Crippen molar-refractivity contribution in [2.75, 3.05) is 0 Å². The maximum atomic E-state index is 6.17. The fourth-order valence-corrected chi connectivity index (χ4v) is 5.21. The average Bonchev–Trinajstić information content (AvgIpc) is 2.41. The number of rotatable bonds is 0. The highest BCUT2D eigenvalue weighted by Crippen LogP contribution is 2.37. The quantitative estimate of drug-likeness (QED) is 0.673. The first kappa shape index (κ1) is 15.0. The molecule has 1 heterocycles. The summed E-state index contributed by atoms with van der Waals surface area (Å²) < 4.78 is 24.7. The van der Waals surface area contributed by atoms with Crippen LogP contribution in [0.5, 0.6) is 23.0 Å². The Morgan fingerprint density at radius 3 is 0.955 bits per heavy atom. The van der Waals surface area contributed by atoms with Crippen molar-refractivity contribution in [3.63, 3.8) is 0 Å². The predicted octanol–water partition coefficient (Wildman–Crippen LogP) is 4.32. The van der Waals surface area contributed by atoms with Gasteiger partial charge >= 0.3 is 17.1 Å². The van der Waals surface area contributed by atoms with Crippen LogP contribution < -0.4 is 17.7 Å². The molecule has 0 bridgehead atoms. The normalized spacial score (nSPS) is 18.4. The summed E-state index contributed by atoms with van der Waals surface area (Å²) in [5.74, 6) is 2.84. The summed E-state index contributed by atoms with van der Waals surface area (Å²) >= 11 is 0. The Labute approximate surface area is 133 Å². The van der Waals surface area contributed by atoms with Gasteiger partial charge in [0, 0.05) is 26.2 Å². The van der Waals surface area contributed by atoms with E-state index in [9.17, 15) is 0 Å². The predicted molar refractivity (Wildman–Crippen MR) is 90.4 cm³/mol. The second-order valence-corrected chi connectivity index (χ2v) is 12.5. The summed E-state index contributed by atoms with van der Waals surface area (Å²) in [5.41, 5.74) is 0. The molecular weight excluding hydrogens is 312 g/mol. The molecule has 0 spiro atoms. The minimum atomic E-state index is -2.42. The third-order valence-corrected chi connectivity index (χ3v) is 5.97. The van der Waals surface area contributed by atoms with Crippen LogP contribution in [0.1, 0.15) is 0 Å². The molecule has 0 radical (unpaired) electrons. The van der Waals surface area contributed by atoms with E-state index < -0.39 is 17.1 Å². The Morgan fingerprint density at radius 2 is 0.727 bits per heavy atom. The van der Waals surface area contributed by atoms with E-state index in [-0.39, 0.29) is 0 Å². The lowest BCUT2D eigenvalue weighted by Crippen LogP contribution is -2.46. The fraction of sp³-hybridized carbons (Fsp3) is 0.250. The van der Waals surface area contributed by atoms with E-state index in [1.54, 1.807) is 0 Å². The SMILES string of the molecule is C[Si]1(C)Oc2ccccc2O[Si](C)(C)Oc2ccccc2O1. The van der Waals surface area contributed by atoms with E-state index >= 15 is 0 Å². The van der Waals surface area contributed by atoms with Gasteiger partial charge < -0.3 is 17.7 Å². The topological polar surface area (TPSA) is 36.9 Å². The first-order chi connectivity index (χ1) is 10.3. The van der Waals surface area contributed by atoms with E-state index in [1.165, 1.54) is 0 Å². The largest absolute Gasteiger partial charge is 0.509 e. The van der Waals surface area contributed by atoms with Gasteiger partial charge in [0.05, 0.1) is 0 Å². The number of para-hydroxylation sites is 4. The van der Waals surface area contributed by atoms with Crippen molar-refractivity contribution in [1.29, 1.82) is 0 Å². The highest BCUT2D eigenvalue weighted by molar-refractivity contribution is 6.67. The number of hydrogen-bond acceptors (Lipinski definition) is 4. The molecule has 1 aliphatic rings. The Morgan fingerprint density at radius 1 is 0.500 bits per heavy atom. The van der Waals surface area contributed by atoms with E-state index in [1.807, 2.05) is 74.7 Å². The van der Waals surface area contributed by atoms with Crippen molar-refractivity contribution < 1.29 is 17.7 Å². The van der Waals surface area contributed by atoms with Crippen molar-refractivity contribution in [2.24, 2.45) is 0 Å². The lowest BCUT2D eigenvalue weighted by Gasteiger charge is -2.32. The van der Waals surface area contributed by atoms with E-state index in [0.29, 0.717) is 23.0 Å². The average molecular weight is 333 g/mol. The van der Waals surface area contributed by atoms with Crippen molar-refractivity contribution in [3.8, 4) is 23.0 Å². The molecule has 3 rings (SSSR count). The minimum Gasteiger partial charge on any atom is -0.509 e. The molecule has 116 valence electrons. The Bertz CT molecular complexity index is 572. The van der Waals surface area contributed by atoms with Gasteiger partial charge in [0.15, 0.2) is 0 Å². The summed E-state index contributed by atoms with van der Waals surface area (Å²) in [4.78, 5) is 0. The van der Waals surface area contributed by atoms with Gasteiger partial charge in [-0.15, -0.1) is 0 Å². The van der Waals surface area contributed by atoms with Crippen LogP contribution in [0.4, 0.5) is 0 Å². The third kappa shape index (κ3) is 3.28. The molecule has 0 saturated heterocycles. The molecule has 0 amide bonds. The first-order valence-corrected chi connectivity index (χ1v) is 12.9. The molecule has 6 heteroatoms. The monoisotopic (exact) mass is 332 g/mol. The summed E-state index contributed by atoms with van der Waals surface area (Å²) in [6, 6.07) is 15.4. The number of fused-ring (bicyclic) bond motifs is 2.